The molecule has 1 heterocycles. The quantitative estimate of drug-likeness (QED) is 0.291. The Morgan fingerprint density at radius 1 is 1.23 bits per heavy atom. The first-order valence-electron chi connectivity index (χ1n) is 9.66. The van der Waals surface area contributed by atoms with Crippen molar-refractivity contribution in [3.05, 3.63) is 74.1 Å². The second kappa shape index (κ2) is 9.82. The molecule has 2 aromatic carbocycles. The fraction of sp³-hybridized carbons (Fsp3) is 0.261. The lowest BCUT2D eigenvalue weighted by Crippen LogP contribution is -2.24. The zero-order valence-corrected chi connectivity index (χ0v) is 18.8. The number of benzene rings is 2. The van der Waals surface area contributed by atoms with E-state index in [0.29, 0.717) is 15.3 Å². The fourth-order valence-electron chi connectivity index (χ4n) is 3.27. The minimum Gasteiger partial charge on any atom is -0.493 e. The topological polar surface area (TPSA) is 63.8 Å². The molecule has 0 spiro atoms. The van der Waals surface area contributed by atoms with Crippen LogP contribution in [0, 0.1) is 17.8 Å². The van der Waals surface area contributed by atoms with E-state index < -0.39 is 12.0 Å². The number of hydrogen-bond acceptors (Lipinski definition) is 6. The standard InChI is InChI=1S/C23H24N2O3S2/c1-4-28-22(27)19(13-17-8-6-5-7-9-17)25-21(26)20(30-23(25)29)14-24-18-11-15(2)10-16(3)12-18/h5-12,14,19,26H,4,13H2,1-3H3/t19-/m1/s1. The van der Waals surface area contributed by atoms with E-state index in [1.54, 1.807) is 13.1 Å². The minimum absolute atomic E-state index is 0.0768. The SMILES string of the molecule is CCOC(=O)[C@@H](Cc1ccccc1)n1c(O)c(C=Nc2cc(C)cc(C)c2)sc1=S. The molecular formula is C23H24N2O3S2. The molecule has 3 aromatic rings. The van der Waals surface area contributed by atoms with Crippen LogP contribution < -0.4 is 0 Å². The molecule has 5 nitrogen and oxygen atoms in total. The number of aliphatic imine (C=N–C) groups is 1. The van der Waals surface area contributed by atoms with Gasteiger partial charge in [-0.25, -0.2) is 4.79 Å². The lowest BCUT2D eigenvalue weighted by atomic mass is 10.1. The number of carbonyl (C=O) groups is 1. The van der Waals surface area contributed by atoms with Gasteiger partial charge in [-0.05, 0) is 61.8 Å². The van der Waals surface area contributed by atoms with Crippen LogP contribution in [-0.2, 0) is 16.0 Å². The molecule has 0 radical (unpaired) electrons. The Hall–Kier alpha value is -2.77. The first kappa shape index (κ1) is 21.9. The van der Waals surface area contributed by atoms with Crippen LogP contribution in [-0.4, -0.2) is 28.5 Å². The fourth-order valence-corrected chi connectivity index (χ4v) is 4.55. The summed E-state index contributed by atoms with van der Waals surface area (Å²) in [6.45, 7) is 6.03. The van der Waals surface area contributed by atoms with Crippen LogP contribution in [0.25, 0.3) is 0 Å². The van der Waals surface area contributed by atoms with Crippen molar-refractivity contribution in [2.75, 3.05) is 6.61 Å². The Labute approximate surface area is 185 Å². The molecule has 1 atom stereocenters. The van der Waals surface area contributed by atoms with Crippen molar-refractivity contribution in [1.29, 1.82) is 0 Å². The number of aromatic nitrogens is 1. The zero-order chi connectivity index (χ0) is 21.7. The van der Waals surface area contributed by atoms with Crippen molar-refractivity contribution >= 4 is 41.4 Å². The predicted octanol–water partition coefficient (Wildman–Crippen LogP) is 5.70. The van der Waals surface area contributed by atoms with Crippen LogP contribution in [0.5, 0.6) is 5.88 Å². The molecule has 0 aliphatic carbocycles. The van der Waals surface area contributed by atoms with E-state index in [1.807, 2.05) is 56.3 Å². The maximum Gasteiger partial charge on any atom is 0.329 e. The molecule has 0 saturated heterocycles. The van der Waals surface area contributed by atoms with Crippen molar-refractivity contribution in [2.24, 2.45) is 4.99 Å². The van der Waals surface area contributed by atoms with E-state index in [1.165, 1.54) is 15.9 Å². The van der Waals surface area contributed by atoms with Gasteiger partial charge in [0.2, 0.25) is 5.88 Å². The lowest BCUT2D eigenvalue weighted by Gasteiger charge is -2.18. The second-order valence-electron chi connectivity index (χ2n) is 6.99. The van der Waals surface area contributed by atoms with Gasteiger partial charge in [0.15, 0.2) is 3.95 Å². The highest BCUT2D eigenvalue weighted by Crippen LogP contribution is 2.31. The third-order valence-corrected chi connectivity index (χ3v) is 5.85. The van der Waals surface area contributed by atoms with Crippen LogP contribution in [0.3, 0.4) is 0 Å². The Kier molecular flexibility index (Phi) is 7.18. The largest absolute Gasteiger partial charge is 0.493 e. The third-order valence-electron chi connectivity index (χ3n) is 4.52. The summed E-state index contributed by atoms with van der Waals surface area (Å²) in [7, 11) is 0. The van der Waals surface area contributed by atoms with E-state index in [4.69, 9.17) is 17.0 Å². The Morgan fingerprint density at radius 3 is 2.53 bits per heavy atom. The monoisotopic (exact) mass is 440 g/mol. The van der Waals surface area contributed by atoms with Crippen molar-refractivity contribution < 1.29 is 14.6 Å². The number of thiazole rings is 1. The molecule has 3 rings (SSSR count). The number of ether oxygens (including phenoxy) is 1. The molecule has 0 aliphatic heterocycles. The highest BCUT2D eigenvalue weighted by molar-refractivity contribution is 7.73. The second-order valence-corrected chi connectivity index (χ2v) is 8.66. The van der Waals surface area contributed by atoms with Crippen molar-refractivity contribution in [3.63, 3.8) is 0 Å². The van der Waals surface area contributed by atoms with Crippen LogP contribution >= 0.6 is 23.6 Å². The molecule has 1 aromatic heterocycles. The smallest absolute Gasteiger partial charge is 0.329 e. The van der Waals surface area contributed by atoms with Crippen molar-refractivity contribution in [2.45, 2.75) is 33.2 Å². The molecule has 0 saturated carbocycles. The summed E-state index contributed by atoms with van der Waals surface area (Å²) in [5.74, 6) is -0.504. The van der Waals surface area contributed by atoms with E-state index in [2.05, 4.69) is 11.1 Å². The molecule has 0 amide bonds. The molecule has 0 bridgehead atoms. The number of hydrogen-bond donors (Lipinski definition) is 1. The Bertz CT molecular complexity index is 1100. The van der Waals surface area contributed by atoms with Gasteiger partial charge in [-0.3, -0.25) is 9.56 Å². The molecule has 0 aliphatic rings. The average Bonchev–Trinajstić information content (AvgIpc) is 2.98. The molecule has 1 N–H and O–H groups in total. The summed E-state index contributed by atoms with van der Waals surface area (Å²) < 4.78 is 7.12. The highest BCUT2D eigenvalue weighted by atomic mass is 32.1. The van der Waals surface area contributed by atoms with Crippen molar-refractivity contribution in [1.82, 2.24) is 4.57 Å². The first-order valence-corrected chi connectivity index (χ1v) is 10.9. The number of esters is 1. The normalized spacial score (nSPS) is 12.2. The van der Waals surface area contributed by atoms with Crippen molar-refractivity contribution in [3.8, 4) is 5.88 Å². The zero-order valence-electron chi connectivity index (χ0n) is 17.2. The molecule has 30 heavy (non-hydrogen) atoms. The van der Waals surface area contributed by atoms with E-state index in [-0.39, 0.29) is 12.5 Å². The van der Waals surface area contributed by atoms with Gasteiger partial charge in [-0.1, -0.05) is 47.7 Å². The maximum absolute atomic E-state index is 12.7. The van der Waals surface area contributed by atoms with Crippen LogP contribution in [0.4, 0.5) is 5.69 Å². The molecule has 7 heteroatoms. The number of nitrogens with zero attached hydrogens (tertiary/aromatic N) is 2. The van der Waals surface area contributed by atoms with E-state index in [9.17, 15) is 9.90 Å². The van der Waals surface area contributed by atoms with Crippen LogP contribution in [0.1, 0.15) is 34.5 Å². The molecule has 156 valence electrons. The summed E-state index contributed by atoms with van der Waals surface area (Å²) in [6, 6.07) is 14.9. The summed E-state index contributed by atoms with van der Waals surface area (Å²) in [4.78, 5) is 17.7. The van der Waals surface area contributed by atoms with Gasteiger partial charge in [-0.2, -0.15) is 0 Å². The van der Waals surface area contributed by atoms with Gasteiger partial charge in [0, 0.05) is 6.42 Å². The average molecular weight is 441 g/mol. The highest BCUT2D eigenvalue weighted by Gasteiger charge is 2.27. The predicted molar refractivity (Wildman–Crippen MR) is 124 cm³/mol. The number of aryl methyl sites for hydroxylation is 2. The molecule has 0 fully saturated rings. The maximum atomic E-state index is 12.7. The molecule has 0 unspecified atom stereocenters. The van der Waals surface area contributed by atoms with Gasteiger partial charge < -0.3 is 9.84 Å². The summed E-state index contributed by atoms with van der Waals surface area (Å²) in [5.41, 5.74) is 3.97. The summed E-state index contributed by atoms with van der Waals surface area (Å²) in [5, 5.41) is 10.9. The number of carbonyl (C=O) groups excluding carboxylic acids is 1. The summed E-state index contributed by atoms with van der Waals surface area (Å²) >= 11 is 6.69. The van der Waals surface area contributed by atoms with Gasteiger partial charge >= 0.3 is 5.97 Å². The van der Waals surface area contributed by atoms with Crippen LogP contribution in [0.2, 0.25) is 0 Å². The molecular weight excluding hydrogens is 416 g/mol. The first-order chi connectivity index (χ1) is 14.4. The van der Waals surface area contributed by atoms with E-state index >= 15 is 0 Å². The Balaban J connectivity index is 1.97. The summed E-state index contributed by atoms with van der Waals surface area (Å²) in [6.07, 6.45) is 1.96. The van der Waals surface area contributed by atoms with Gasteiger partial charge in [-0.15, -0.1) is 0 Å². The van der Waals surface area contributed by atoms with E-state index in [0.717, 1.165) is 22.4 Å². The minimum atomic E-state index is -0.750. The third kappa shape index (κ3) is 5.23. The van der Waals surface area contributed by atoms with Gasteiger partial charge in [0.25, 0.3) is 0 Å². The van der Waals surface area contributed by atoms with Crippen LogP contribution in [0.15, 0.2) is 53.5 Å². The lowest BCUT2D eigenvalue weighted by molar-refractivity contribution is -0.147. The van der Waals surface area contributed by atoms with Gasteiger partial charge in [0.05, 0.1) is 18.5 Å². The number of rotatable bonds is 7. The Morgan fingerprint density at radius 2 is 1.90 bits per heavy atom. The van der Waals surface area contributed by atoms with Gasteiger partial charge in [0.1, 0.15) is 10.9 Å². The number of aromatic hydroxyl groups is 1.